The van der Waals surface area contributed by atoms with Crippen molar-refractivity contribution in [3.05, 3.63) is 18.1 Å². The normalized spacial score (nSPS) is 21.6. The molecular formula is C14H24N4. The molecule has 0 aliphatic carbocycles. The van der Waals surface area contributed by atoms with Gasteiger partial charge in [-0.3, -0.25) is 4.98 Å². The van der Waals surface area contributed by atoms with Crippen molar-refractivity contribution >= 4 is 5.82 Å². The first-order chi connectivity index (χ1) is 8.65. The zero-order chi connectivity index (χ0) is 13.0. The Bertz CT molecular complexity index is 361. The Morgan fingerprint density at radius 1 is 1.22 bits per heavy atom. The van der Waals surface area contributed by atoms with Gasteiger partial charge in [0.25, 0.3) is 0 Å². The van der Waals surface area contributed by atoms with Crippen LogP contribution in [0.25, 0.3) is 0 Å². The lowest BCUT2D eigenvalue weighted by atomic mass is 9.95. The Balaban J connectivity index is 1.92. The monoisotopic (exact) mass is 248 g/mol. The van der Waals surface area contributed by atoms with Crippen molar-refractivity contribution in [3.63, 3.8) is 0 Å². The molecule has 0 amide bonds. The van der Waals surface area contributed by atoms with Gasteiger partial charge in [-0.1, -0.05) is 0 Å². The van der Waals surface area contributed by atoms with Gasteiger partial charge in [-0.05, 0) is 51.7 Å². The number of hydrogen-bond donors (Lipinski definition) is 0. The van der Waals surface area contributed by atoms with E-state index in [0.29, 0.717) is 0 Å². The van der Waals surface area contributed by atoms with E-state index >= 15 is 0 Å². The molecule has 0 spiro atoms. The molecule has 0 N–H and O–H groups in total. The van der Waals surface area contributed by atoms with Gasteiger partial charge in [0.2, 0.25) is 0 Å². The lowest BCUT2D eigenvalue weighted by Crippen LogP contribution is -2.19. The molecule has 1 aromatic rings. The number of hydrogen-bond acceptors (Lipinski definition) is 4. The molecule has 0 aromatic carbocycles. The molecule has 1 aromatic heterocycles. The maximum absolute atomic E-state index is 4.53. The number of nitrogens with zero attached hydrogens (tertiary/aromatic N) is 4. The first kappa shape index (κ1) is 13.3. The minimum absolute atomic E-state index is 0.773. The van der Waals surface area contributed by atoms with Crippen LogP contribution in [0.5, 0.6) is 0 Å². The van der Waals surface area contributed by atoms with Crippen LogP contribution in [0.15, 0.2) is 12.4 Å². The SMILES string of the molecule is CN1CCCC(Cc2cnc(N(C)C)cn2)CC1. The van der Waals surface area contributed by atoms with Crippen LogP contribution in [0.1, 0.15) is 25.0 Å². The Morgan fingerprint density at radius 2 is 2.06 bits per heavy atom. The molecule has 2 rings (SSSR count). The predicted octanol–water partition coefficient (Wildman–Crippen LogP) is 1.82. The van der Waals surface area contributed by atoms with E-state index in [2.05, 4.69) is 21.9 Å². The summed E-state index contributed by atoms with van der Waals surface area (Å²) >= 11 is 0. The summed E-state index contributed by atoms with van der Waals surface area (Å²) in [6, 6.07) is 0. The summed E-state index contributed by atoms with van der Waals surface area (Å²) in [5, 5.41) is 0. The molecule has 4 nitrogen and oxygen atoms in total. The van der Waals surface area contributed by atoms with Gasteiger partial charge in [-0.15, -0.1) is 0 Å². The van der Waals surface area contributed by atoms with Crippen LogP contribution < -0.4 is 4.90 Å². The third kappa shape index (κ3) is 3.67. The Morgan fingerprint density at radius 3 is 2.72 bits per heavy atom. The summed E-state index contributed by atoms with van der Waals surface area (Å²) < 4.78 is 0. The molecule has 1 aliphatic heterocycles. The molecule has 0 saturated carbocycles. The summed E-state index contributed by atoms with van der Waals surface area (Å²) in [7, 11) is 6.20. The van der Waals surface area contributed by atoms with Crippen molar-refractivity contribution in [2.24, 2.45) is 5.92 Å². The van der Waals surface area contributed by atoms with Crippen molar-refractivity contribution in [3.8, 4) is 0 Å². The van der Waals surface area contributed by atoms with Crippen LogP contribution >= 0.6 is 0 Å². The Hall–Kier alpha value is -1.16. The second kappa shape index (κ2) is 6.14. The summed E-state index contributed by atoms with van der Waals surface area (Å²) in [4.78, 5) is 13.4. The summed E-state index contributed by atoms with van der Waals surface area (Å²) in [6.07, 6.45) is 8.80. The fraction of sp³-hybridized carbons (Fsp3) is 0.714. The van der Waals surface area contributed by atoms with Crippen LogP contribution in [0.2, 0.25) is 0 Å². The van der Waals surface area contributed by atoms with Gasteiger partial charge in [-0.25, -0.2) is 4.98 Å². The average Bonchev–Trinajstić information content (AvgIpc) is 2.55. The molecule has 0 bridgehead atoms. The van der Waals surface area contributed by atoms with Crippen molar-refractivity contribution < 1.29 is 0 Å². The Kier molecular flexibility index (Phi) is 4.53. The highest BCUT2D eigenvalue weighted by Crippen LogP contribution is 2.20. The molecular weight excluding hydrogens is 224 g/mol. The van der Waals surface area contributed by atoms with Crippen LogP contribution in [0.3, 0.4) is 0 Å². The van der Waals surface area contributed by atoms with Crippen molar-refractivity contribution in [1.29, 1.82) is 0 Å². The minimum atomic E-state index is 0.773. The molecule has 1 unspecified atom stereocenters. The molecule has 100 valence electrons. The van der Waals surface area contributed by atoms with Crippen molar-refractivity contribution in [1.82, 2.24) is 14.9 Å². The molecule has 1 saturated heterocycles. The molecule has 0 radical (unpaired) electrons. The highest BCUT2D eigenvalue weighted by atomic mass is 15.1. The van der Waals surface area contributed by atoms with Gasteiger partial charge in [0, 0.05) is 14.1 Å². The second-order valence-corrected chi connectivity index (χ2v) is 5.56. The maximum atomic E-state index is 4.53. The maximum Gasteiger partial charge on any atom is 0.146 e. The number of aromatic nitrogens is 2. The summed E-state index contributed by atoms with van der Waals surface area (Å²) in [5.41, 5.74) is 1.13. The fourth-order valence-electron chi connectivity index (χ4n) is 2.49. The first-order valence-electron chi connectivity index (χ1n) is 6.82. The van der Waals surface area contributed by atoms with E-state index < -0.39 is 0 Å². The molecule has 1 aliphatic rings. The van der Waals surface area contributed by atoms with Gasteiger partial charge >= 0.3 is 0 Å². The topological polar surface area (TPSA) is 32.3 Å². The van der Waals surface area contributed by atoms with E-state index in [1.807, 2.05) is 31.4 Å². The number of anilines is 1. The van der Waals surface area contributed by atoms with Crippen LogP contribution in [-0.2, 0) is 6.42 Å². The van der Waals surface area contributed by atoms with Gasteiger partial charge in [0.05, 0.1) is 18.1 Å². The third-order valence-corrected chi connectivity index (χ3v) is 3.72. The quantitative estimate of drug-likeness (QED) is 0.817. The van der Waals surface area contributed by atoms with E-state index in [-0.39, 0.29) is 0 Å². The molecule has 18 heavy (non-hydrogen) atoms. The molecule has 4 heteroatoms. The van der Waals surface area contributed by atoms with Gasteiger partial charge < -0.3 is 9.80 Å². The van der Waals surface area contributed by atoms with Crippen molar-refractivity contribution in [2.45, 2.75) is 25.7 Å². The van der Waals surface area contributed by atoms with E-state index in [4.69, 9.17) is 0 Å². The minimum Gasteiger partial charge on any atom is -0.361 e. The zero-order valence-electron chi connectivity index (χ0n) is 11.8. The number of likely N-dealkylation sites (tertiary alicyclic amines) is 1. The average molecular weight is 248 g/mol. The highest BCUT2D eigenvalue weighted by Gasteiger charge is 2.15. The van der Waals surface area contributed by atoms with Crippen LogP contribution in [-0.4, -0.2) is 49.1 Å². The lowest BCUT2D eigenvalue weighted by Gasteiger charge is -2.15. The molecule has 2 heterocycles. The van der Waals surface area contributed by atoms with E-state index in [0.717, 1.165) is 23.9 Å². The van der Waals surface area contributed by atoms with E-state index in [1.54, 1.807) is 0 Å². The zero-order valence-corrected chi connectivity index (χ0v) is 11.8. The molecule has 1 atom stereocenters. The predicted molar refractivity (Wildman–Crippen MR) is 74.9 cm³/mol. The van der Waals surface area contributed by atoms with Gasteiger partial charge in [0.15, 0.2) is 0 Å². The van der Waals surface area contributed by atoms with Gasteiger partial charge in [0.1, 0.15) is 5.82 Å². The lowest BCUT2D eigenvalue weighted by molar-refractivity contribution is 0.341. The summed E-state index contributed by atoms with van der Waals surface area (Å²) in [5.74, 6) is 1.70. The summed E-state index contributed by atoms with van der Waals surface area (Å²) in [6.45, 7) is 2.45. The standard InChI is InChI=1S/C14H24N4/c1-17(2)14-11-15-13(10-16-14)9-12-5-4-7-18(3)8-6-12/h10-12H,4-9H2,1-3H3. The van der Waals surface area contributed by atoms with Crippen LogP contribution in [0, 0.1) is 5.92 Å². The smallest absolute Gasteiger partial charge is 0.146 e. The number of rotatable bonds is 3. The Labute approximate surface area is 110 Å². The largest absolute Gasteiger partial charge is 0.361 e. The highest BCUT2D eigenvalue weighted by molar-refractivity contribution is 5.32. The van der Waals surface area contributed by atoms with Crippen LogP contribution in [0.4, 0.5) is 5.82 Å². The molecule has 1 fully saturated rings. The van der Waals surface area contributed by atoms with Gasteiger partial charge in [-0.2, -0.15) is 0 Å². The van der Waals surface area contributed by atoms with E-state index in [9.17, 15) is 0 Å². The first-order valence-corrected chi connectivity index (χ1v) is 6.82. The van der Waals surface area contributed by atoms with E-state index in [1.165, 1.54) is 32.4 Å². The van der Waals surface area contributed by atoms with Crippen molar-refractivity contribution in [2.75, 3.05) is 39.1 Å². The third-order valence-electron chi connectivity index (χ3n) is 3.72. The fourth-order valence-corrected chi connectivity index (χ4v) is 2.49. The second-order valence-electron chi connectivity index (χ2n) is 5.56.